The highest BCUT2D eigenvalue weighted by Gasteiger charge is 2.25. The van der Waals surface area contributed by atoms with E-state index in [0.717, 1.165) is 38.4 Å². The molecule has 1 aliphatic heterocycles. The van der Waals surface area contributed by atoms with Gasteiger partial charge in [0.15, 0.2) is 0 Å². The van der Waals surface area contributed by atoms with E-state index in [0.29, 0.717) is 5.41 Å². The molecule has 2 aromatic rings. The lowest BCUT2D eigenvalue weighted by Gasteiger charge is -2.36. The van der Waals surface area contributed by atoms with Gasteiger partial charge in [-0.3, -0.25) is 9.88 Å². The monoisotopic (exact) mass is 324 g/mol. The van der Waals surface area contributed by atoms with Gasteiger partial charge in [-0.25, -0.2) is 0 Å². The number of pyridine rings is 1. The Morgan fingerprint density at radius 1 is 1.08 bits per heavy atom. The fraction of sp³-hybridized carbons (Fsp3) is 0.476. The molecule has 1 atom stereocenters. The third kappa shape index (κ3) is 4.89. The Morgan fingerprint density at radius 3 is 2.54 bits per heavy atom. The summed E-state index contributed by atoms with van der Waals surface area (Å²) in [6, 6.07) is 14.8. The zero-order chi connectivity index (χ0) is 17.0. The Hall–Kier alpha value is -1.71. The molecule has 2 heterocycles. The summed E-state index contributed by atoms with van der Waals surface area (Å²) in [6.07, 6.45) is 3.01. The predicted molar refractivity (Wildman–Crippen MR) is 98.1 cm³/mol. The molecular formula is C21H28N2O. The van der Waals surface area contributed by atoms with Crippen molar-refractivity contribution >= 4 is 0 Å². The molecule has 24 heavy (non-hydrogen) atoms. The largest absolute Gasteiger partial charge is 0.369 e. The molecule has 1 unspecified atom stereocenters. The van der Waals surface area contributed by atoms with Crippen LogP contribution in [0, 0.1) is 5.41 Å². The van der Waals surface area contributed by atoms with Crippen LogP contribution in [-0.4, -0.2) is 36.1 Å². The summed E-state index contributed by atoms with van der Waals surface area (Å²) in [5.41, 5.74) is 3.92. The Balaban J connectivity index is 1.62. The number of hydrogen-bond acceptors (Lipinski definition) is 3. The summed E-state index contributed by atoms with van der Waals surface area (Å²) in [4.78, 5) is 7.17. The van der Waals surface area contributed by atoms with E-state index in [1.54, 1.807) is 0 Å². The average Bonchev–Trinajstić information content (AvgIpc) is 2.55. The van der Waals surface area contributed by atoms with E-state index in [1.165, 1.54) is 11.1 Å². The summed E-state index contributed by atoms with van der Waals surface area (Å²) in [5.74, 6) is 0. The van der Waals surface area contributed by atoms with Gasteiger partial charge in [0.05, 0.1) is 12.3 Å². The quantitative estimate of drug-likeness (QED) is 0.847. The molecule has 0 amide bonds. The number of nitrogens with zero attached hydrogens (tertiary/aromatic N) is 2. The SMILES string of the molecule is CC(C)(C)CN1CCOC(c2ccc(Cc3ccccc3)cn2)C1. The van der Waals surface area contributed by atoms with Crippen LogP contribution in [0.2, 0.25) is 0 Å². The van der Waals surface area contributed by atoms with Crippen molar-refractivity contribution in [2.75, 3.05) is 26.2 Å². The smallest absolute Gasteiger partial charge is 0.112 e. The molecule has 1 aromatic carbocycles. The first-order valence-corrected chi connectivity index (χ1v) is 8.82. The molecule has 0 bridgehead atoms. The molecule has 0 N–H and O–H groups in total. The molecule has 1 aromatic heterocycles. The van der Waals surface area contributed by atoms with Crippen LogP contribution in [0.15, 0.2) is 48.7 Å². The normalized spacial score (nSPS) is 19.4. The van der Waals surface area contributed by atoms with Crippen molar-refractivity contribution in [2.24, 2.45) is 5.41 Å². The van der Waals surface area contributed by atoms with Crippen molar-refractivity contribution in [3.8, 4) is 0 Å². The zero-order valence-electron chi connectivity index (χ0n) is 15.0. The fourth-order valence-corrected chi connectivity index (χ4v) is 3.26. The second kappa shape index (κ2) is 7.45. The standard InChI is InChI=1S/C21H28N2O/c1-21(2,3)16-23-11-12-24-20(15-23)19-10-9-18(14-22-19)13-17-7-5-4-6-8-17/h4-10,14,20H,11-13,15-16H2,1-3H3. The number of hydrogen-bond donors (Lipinski definition) is 0. The predicted octanol–water partition coefficient (Wildman–Crippen LogP) is 4.09. The number of ether oxygens (including phenoxy) is 1. The van der Waals surface area contributed by atoms with Gasteiger partial charge >= 0.3 is 0 Å². The molecule has 0 radical (unpaired) electrons. The van der Waals surface area contributed by atoms with Gasteiger partial charge in [0.1, 0.15) is 6.10 Å². The Morgan fingerprint density at radius 2 is 1.88 bits per heavy atom. The molecule has 3 heteroatoms. The van der Waals surface area contributed by atoms with Crippen LogP contribution in [-0.2, 0) is 11.2 Å². The minimum atomic E-state index is 0.0897. The number of rotatable bonds is 4. The van der Waals surface area contributed by atoms with Gasteiger partial charge in [-0.05, 0) is 29.0 Å². The van der Waals surface area contributed by atoms with Crippen molar-refractivity contribution in [1.82, 2.24) is 9.88 Å². The highest BCUT2D eigenvalue weighted by atomic mass is 16.5. The van der Waals surface area contributed by atoms with E-state index in [4.69, 9.17) is 4.74 Å². The minimum absolute atomic E-state index is 0.0897. The van der Waals surface area contributed by atoms with Gasteiger partial charge in [-0.1, -0.05) is 57.2 Å². The molecule has 1 saturated heterocycles. The molecule has 0 aliphatic carbocycles. The molecule has 0 spiro atoms. The number of morpholine rings is 1. The van der Waals surface area contributed by atoms with Gasteiger partial charge in [-0.15, -0.1) is 0 Å². The van der Waals surface area contributed by atoms with Gasteiger partial charge in [0, 0.05) is 25.8 Å². The van der Waals surface area contributed by atoms with Crippen molar-refractivity contribution < 1.29 is 4.74 Å². The topological polar surface area (TPSA) is 25.4 Å². The summed E-state index contributed by atoms with van der Waals surface area (Å²) in [7, 11) is 0. The lowest BCUT2D eigenvalue weighted by atomic mass is 9.95. The van der Waals surface area contributed by atoms with Crippen molar-refractivity contribution in [3.05, 3.63) is 65.5 Å². The van der Waals surface area contributed by atoms with Gasteiger partial charge in [0.2, 0.25) is 0 Å². The second-order valence-corrected chi connectivity index (χ2v) is 7.91. The van der Waals surface area contributed by atoms with Crippen LogP contribution < -0.4 is 0 Å². The first-order chi connectivity index (χ1) is 11.5. The van der Waals surface area contributed by atoms with Crippen molar-refractivity contribution in [1.29, 1.82) is 0 Å². The molecule has 0 saturated carbocycles. The molecule has 3 nitrogen and oxygen atoms in total. The summed E-state index contributed by atoms with van der Waals surface area (Å²) in [6.45, 7) is 10.7. The third-order valence-corrected chi connectivity index (χ3v) is 4.28. The van der Waals surface area contributed by atoms with E-state index in [-0.39, 0.29) is 6.10 Å². The highest BCUT2D eigenvalue weighted by molar-refractivity contribution is 5.25. The Labute approximate surface area is 145 Å². The molecule has 128 valence electrons. The van der Waals surface area contributed by atoms with Gasteiger partial charge < -0.3 is 4.74 Å². The van der Waals surface area contributed by atoms with Crippen molar-refractivity contribution in [2.45, 2.75) is 33.3 Å². The Bertz CT molecular complexity index is 631. The van der Waals surface area contributed by atoms with E-state index in [9.17, 15) is 0 Å². The van der Waals surface area contributed by atoms with E-state index in [2.05, 4.69) is 73.1 Å². The first kappa shape index (κ1) is 17.1. The maximum atomic E-state index is 5.96. The van der Waals surface area contributed by atoms with Gasteiger partial charge in [-0.2, -0.15) is 0 Å². The van der Waals surface area contributed by atoms with Crippen LogP contribution in [0.5, 0.6) is 0 Å². The zero-order valence-corrected chi connectivity index (χ0v) is 15.0. The Kier molecular flexibility index (Phi) is 5.32. The highest BCUT2D eigenvalue weighted by Crippen LogP contribution is 2.24. The van der Waals surface area contributed by atoms with E-state index < -0.39 is 0 Å². The van der Waals surface area contributed by atoms with Crippen LogP contribution in [0.4, 0.5) is 0 Å². The molecule has 3 rings (SSSR count). The molecular weight excluding hydrogens is 296 g/mol. The van der Waals surface area contributed by atoms with E-state index >= 15 is 0 Å². The van der Waals surface area contributed by atoms with E-state index in [1.807, 2.05) is 6.20 Å². The molecule has 1 aliphatic rings. The summed E-state index contributed by atoms with van der Waals surface area (Å²) >= 11 is 0. The first-order valence-electron chi connectivity index (χ1n) is 8.82. The third-order valence-electron chi connectivity index (χ3n) is 4.28. The summed E-state index contributed by atoms with van der Waals surface area (Å²) < 4.78 is 5.96. The van der Waals surface area contributed by atoms with Crippen molar-refractivity contribution in [3.63, 3.8) is 0 Å². The van der Waals surface area contributed by atoms with Crippen LogP contribution in [0.25, 0.3) is 0 Å². The second-order valence-electron chi connectivity index (χ2n) is 7.91. The van der Waals surface area contributed by atoms with Gasteiger partial charge in [0.25, 0.3) is 0 Å². The molecule has 1 fully saturated rings. The number of aromatic nitrogens is 1. The van der Waals surface area contributed by atoms with Crippen LogP contribution >= 0.6 is 0 Å². The van der Waals surface area contributed by atoms with Crippen LogP contribution in [0.3, 0.4) is 0 Å². The number of benzene rings is 1. The van der Waals surface area contributed by atoms with Crippen LogP contribution in [0.1, 0.15) is 43.7 Å². The maximum absolute atomic E-state index is 5.96. The lowest BCUT2D eigenvalue weighted by Crippen LogP contribution is -2.42. The fourth-order valence-electron chi connectivity index (χ4n) is 3.26. The average molecular weight is 324 g/mol. The summed E-state index contributed by atoms with van der Waals surface area (Å²) in [5, 5.41) is 0. The maximum Gasteiger partial charge on any atom is 0.112 e. The lowest BCUT2D eigenvalue weighted by molar-refractivity contribution is -0.0407. The minimum Gasteiger partial charge on any atom is -0.369 e.